The van der Waals surface area contributed by atoms with Crippen molar-refractivity contribution in [1.82, 2.24) is 25.6 Å². The second-order valence-electron chi connectivity index (χ2n) is 3.96. The first-order chi connectivity index (χ1) is 7.86. The molecule has 1 unspecified atom stereocenters. The number of aromatic nitrogens is 3. The fourth-order valence-corrected chi connectivity index (χ4v) is 1.84. The summed E-state index contributed by atoms with van der Waals surface area (Å²) in [5.74, 6) is 0.121. The highest BCUT2D eigenvalue weighted by Gasteiger charge is 2.20. The Morgan fingerprint density at radius 3 is 3.25 bits per heavy atom. The van der Waals surface area contributed by atoms with Gasteiger partial charge in [0.25, 0.3) is 0 Å². The van der Waals surface area contributed by atoms with Crippen molar-refractivity contribution < 1.29 is 4.79 Å². The fraction of sp³-hybridized carbons (Fsp3) is 0.700. The molecule has 0 spiro atoms. The van der Waals surface area contributed by atoms with Gasteiger partial charge < -0.3 is 10.6 Å². The zero-order valence-electron chi connectivity index (χ0n) is 9.22. The monoisotopic (exact) mass is 223 g/mol. The lowest BCUT2D eigenvalue weighted by atomic mass is 10.2. The summed E-state index contributed by atoms with van der Waals surface area (Å²) in [7, 11) is 0. The molecule has 2 N–H and O–H groups in total. The second kappa shape index (κ2) is 5.60. The highest BCUT2D eigenvalue weighted by molar-refractivity contribution is 5.81. The van der Waals surface area contributed by atoms with E-state index < -0.39 is 0 Å². The molecule has 0 aromatic carbocycles. The van der Waals surface area contributed by atoms with Gasteiger partial charge in [-0.3, -0.25) is 9.48 Å². The summed E-state index contributed by atoms with van der Waals surface area (Å²) in [5, 5.41) is 13.7. The van der Waals surface area contributed by atoms with Gasteiger partial charge in [-0.05, 0) is 25.8 Å². The Bertz CT molecular complexity index is 318. The number of hydrogen-bond donors (Lipinski definition) is 2. The predicted octanol–water partition coefficient (Wildman–Crippen LogP) is -0.464. The second-order valence-corrected chi connectivity index (χ2v) is 3.96. The van der Waals surface area contributed by atoms with E-state index in [1.807, 2.05) is 6.20 Å². The van der Waals surface area contributed by atoms with Crippen LogP contribution in [0.3, 0.4) is 0 Å². The molecule has 1 saturated heterocycles. The van der Waals surface area contributed by atoms with Crippen LogP contribution in [0, 0.1) is 0 Å². The van der Waals surface area contributed by atoms with Crippen LogP contribution in [-0.2, 0) is 11.3 Å². The van der Waals surface area contributed by atoms with Gasteiger partial charge in [0.1, 0.15) is 0 Å². The lowest BCUT2D eigenvalue weighted by Crippen LogP contribution is -2.40. The molecule has 6 nitrogen and oxygen atoms in total. The van der Waals surface area contributed by atoms with Gasteiger partial charge in [0.05, 0.1) is 12.2 Å². The average Bonchev–Trinajstić information content (AvgIpc) is 2.96. The molecule has 0 radical (unpaired) electrons. The molecule has 1 amide bonds. The number of hydrogen-bond acceptors (Lipinski definition) is 4. The molecule has 1 aromatic heterocycles. The summed E-state index contributed by atoms with van der Waals surface area (Å²) in [6.07, 6.45) is 6.40. The van der Waals surface area contributed by atoms with Crippen LogP contribution in [0.4, 0.5) is 0 Å². The molecule has 1 fully saturated rings. The van der Waals surface area contributed by atoms with E-state index in [-0.39, 0.29) is 11.9 Å². The Kier molecular flexibility index (Phi) is 3.87. The van der Waals surface area contributed by atoms with Gasteiger partial charge >= 0.3 is 0 Å². The number of carbonyl (C=O) groups is 1. The number of nitrogens with one attached hydrogen (secondary N) is 2. The topological polar surface area (TPSA) is 71.8 Å². The summed E-state index contributed by atoms with van der Waals surface area (Å²) in [6.45, 7) is 2.44. The van der Waals surface area contributed by atoms with Crippen molar-refractivity contribution >= 4 is 5.91 Å². The maximum atomic E-state index is 11.6. The molecule has 0 saturated carbocycles. The van der Waals surface area contributed by atoms with Gasteiger partial charge in [0.2, 0.25) is 5.91 Å². The first-order valence-electron chi connectivity index (χ1n) is 5.71. The van der Waals surface area contributed by atoms with E-state index in [2.05, 4.69) is 20.9 Å². The third-order valence-electron chi connectivity index (χ3n) is 2.71. The van der Waals surface area contributed by atoms with Crippen molar-refractivity contribution in [1.29, 1.82) is 0 Å². The number of nitrogens with zero attached hydrogens (tertiary/aromatic N) is 3. The number of aryl methyl sites for hydroxylation is 1. The number of amides is 1. The van der Waals surface area contributed by atoms with Crippen molar-refractivity contribution in [3.8, 4) is 0 Å². The zero-order chi connectivity index (χ0) is 11.2. The van der Waals surface area contributed by atoms with Crippen molar-refractivity contribution in [2.45, 2.75) is 31.8 Å². The fourth-order valence-electron chi connectivity index (χ4n) is 1.84. The molecular weight excluding hydrogens is 206 g/mol. The number of carbonyl (C=O) groups excluding carboxylic acids is 1. The minimum atomic E-state index is 0.0198. The van der Waals surface area contributed by atoms with Gasteiger partial charge in [-0.1, -0.05) is 5.21 Å². The summed E-state index contributed by atoms with van der Waals surface area (Å²) in [4.78, 5) is 11.6. The SMILES string of the molecule is O=C(NCCCn1ccnn1)C1CCCN1. The summed E-state index contributed by atoms with van der Waals surface area (Å²) < 4.78 is 1.76. The van der Waals surface area contributed by atoms with E-state index in [0.29, 0.717) is 6.54 Å². The highest BCUT2D eigenvalue weighted by atomic mass is 16.2. The smallest absolute Gasteiger partial charge is 0.237 e. The molecule has 0 aliphatic carbocycles. The maximum Gasteiger partial charge on any atom is 0.237 e. The van der Waals surface area contributed by atoms with E-state index in [0.717, 1.165) is 32.4 Å². The normalized spacial score (nSPS) is 19.9. The first kappa shape index (κ1) is 11.1. The minimum absolute atomic E-state index is 0.0198. The van der Waals surface area contributed by atoms with Gasteiger partial charge in [0, 0.05) is 19.3 Å². The molecule has 1 aliphatic rings. The molecule has 1 aliphatic heterocycles. The van der Waals surface area contributed by atoms with Gasteiger partial charge in [0.15, 0.2) is 0 Å². The zero-order valence-corrected chi connectivity index (χ0v) is 9.22. The van der Waals surface area contributed by atoms with E-state index >= 15 is 0 Å². The Morgan fingerprint density at radius 1 is 1.62 bits per heavy atom. The largest absolute Gasteiger partial charge is 0.355 e. The minimum Gasteiger partial charge on any atom is -0.355 e. The maximum absolute atomic E-state index is 11.6. The first-order valence-corrected chi connectivity index (χ1v) is 5.71. The van der Waals surface area contributed by atoms with Crippen LogP contribution >= 0.6 is 0 Å². The van der Waals surface area contributed by atoms with Gasteiger partial charge in [-0.15, -0.1) is 5.10 Å². The Hall–Kier alpha value is -1.43. The van der Waals surface area contributed by atoms with Crippen LogP contribution in [0.25, 0.3) is 0 Å². The van der Waals surface area contributed by atoms with Crippen molar-refractivity contribution in [2.75, 3.05) is 13.1 Å². The molecule has 88 valence electrons. The third-order valence-corrected chi connectivity index (χ3v) is 2.71. The van der Waals surface area contributed by atoms with Gasteiger partial charge in [-0.2, -0.15) is 0 Å². The van der Waals surface area contributed by atoms with Crippen LogP contribution in [0.2, 0.25) is 0 Å². The molecule has 2 heterocycles. The Balaban J connectivity index is 1.59. The lowest BCUT2D eigenvalue weighted by molar-refractivity contribution is -0.122. The molecule has 1 atom stereocenters. The predicted molar refractivity (Wildman–Crippen MR) is 58.7 cm³/mol. The van der Waals surface area contributed by atoms with Crippen LogP contribution < -0.4 is 10.6 Å². The molecule has 6 heteroatoms. The molecule has 2 rings (SSSR count). The molecule has 16 heavy (non-hydrogen) atoms. The Morgan fingerprint density at radius 2 is 2.56 bits per heavy atom. The molecular formula is C10H17N5O. The standard InChI is InChI=1S/C10H17N5O/c16-10(9-3-1-4-11-9)12-5-2-7-15-8-6-13-14-15/h6,8-9,11H,1-5,7H2,(H,12,16). The Labute approximate surface area is 94.4 Å². The van der Waals surface area contributed by atoms with Crippen molar-refractivity contribution in [2.24, 2.45) is 0 Å². The van der Waals surface area contributed by atoms with Crippen molar-refractivity contribution in [3.63, 3.8) is 0 Å². The number of rotatable bonds is 5. The van der Waals surface area contributed by atoms with E-state index in [9.17, 15) is 4.79 Å². The van der Waals surface area contributed by atoms with E-state index in [1.54, 1.807) is 10.9 Å². The molecule has 0 bridgehead atoms. The highest BCUT2D eigenvalue weighted by Crippen LogP contribution is 2.04. The van der Waals surface area contributed by atoms with Crippen LogP contribution in [-0.4, -0.2) is 40.0 Å². The quantitative estimate of drug-likeness (QED) is 0.662. The van der Waals surface area contributed by atoms with E-state index in [4.69, 9.17) is 0 Å². The molecule has 1 aromatic rings. The van der Waals surface area contributed by atoms with Crippen molar-refractivity contribution in [3.05, 3.63) is 12.4 Å². The van der Waals surface area contributed by atoms with Crippen LogP contribution in [0.15, 0.2) is 12.4 Å². The third kappa shape index (κ3) is 3.03. The average molecular weight is 223 g/mol. The summed E-state index contributed by atoms with van der Waals surface area (Å²) in [5.41, 5.74) is 0. The summed E-state index contributed by atoms with van der Waals surface area (Å²) in [6, 6.07) is 0.0198. The van der Waals surface area contributed by atoms with Crippen LogP contribution in [0.1, 0.15) is 19.3 Å². The van der Waals surface area contributed by atoms with Crippen LogP contribution in [0.5, 0.6) is 0 Å². The lowest BCUT2D eigenvalue weighted by Gasteiger charge is -2.10. The summed E-state index contributed by atoms with van der Waals surface area (Å²) >= 11 is 0. The van der Waals surface area contributed by atoms with Gasteiger partial charge in [-0.25, -0.2) is 0 Å². The van der Waals surface area contributed by atoms with E-state index in [1.165, 1.54) is 0 Å².